The Morgan fingerprint density at radius 2 is 1.94 bits per heavy atom. The molecule has 8 heteroatoms. The van der Waals surface area contributed by atoms with Gasteiger partial charge in [0.1, 0.15) is 0 Å². The lowest BCUT2D eigenvalue weighted by atomic mass is 9.87. The van der Waals surface area contributed by atoms with Crippen molar-refractivity contribution >= 4 is 11.6 Å². The van der Waals surface area contributed by atoms with E-state index in [1.165, 1.54) is 5.56 Å². The van der Waals surface area contributed by atoms with Gasteiger partial charge in [-0.25, -0.2) is 0 Å². The molecule has 0 saturated heterocycles. The van der Waals surface area contributed by atoms with Crippen LogP contribution in [0.25, 0.3) is 17.1 Å². The average Bonchev–Trinajstić information content (AvgIpc) is 3.34. The minimum atomic E-state index is -0.153. The Labute approximate surface area is 179 Å². The number of aromatic nitrogens is 5. The van der Waals surface area contributed by atoms with E-state index in [9.17, 15) is 4.79 Å². The highest BCUT2D eigenvalue weighted by Gasteiger charge is 2.29. The molecule has 0 spiro atoms. The molecule has 1 aliphatic carbocycles. The van der Waals surface area contributed by atoms with Crippen LogP contribution in [0.4, 0.5) is 0 Å². The van der Waals surface area contributed by atoms with E-state index in [4.69, 9.17) is 4.52 Å². The van der Waals surface area contributed by atoms with Gasteiger partial charge in [0.25, 0.3) is 11.8 Å². The number of rotatable bonds is 5. The van der Waals surface area contributed by atoms with Gasteiger partial charge in [-0.1, -0.05) is 38.1 Å². The summed E-state index contributed by atoms with van der Waals surface area (Å²) in [6, 6.07) is 11.4. The van der Waals surface area contributed by atoms with Gasteiger partial charge in [0.15, 0.2) is 17.3 Å². The molecule has 5 rings (SSSR count). The molecular formula is C23H24N6O2. The summed E-state index contributed by atoms with van der Waals surface area (Å²) in [6.45, 7) is 6.69. The van der Waals surface area contributed by atoms with Gasteiger partial charge in [0, 0.05) is 17.7 Å². The summed E-state index contributed by atoms with van der Waals surface area (Å²) in [6.07, 6.45) is 4.07. The van der Waals surface area contributed by atoms with Gasteiger partial charge in [-0.3, -0.25) is 9.20 Å². The molecule has 0 unspecified atom stereocenters. The number of benzene rings is 1. The zero-order valence-corrected chi connectivity index (χ0v) is 17.8. The highest BCUT2D eigenvalue weighted by molar-refractivity contribution is 5.94. The second-order valence-corrected chi connectivity index (χ2v) is 8.97. The molecule has 158 valence electrons. The van der Waals surface area contributed by atoms with Crippen LogP contribution in [-0.4, -0.2) is 30.6 Å². The van der Waals surface area contributed by atoms with Gasteiger partial charge in [-0.15, -0.1) is 10.2 Å². The third kappa shape index (κ3) is 3.81. The highest BCUT2D eigenvalue weighted by atomic mass is 16.5. The van der Waals surface area contributed by atoms with Crippen LogP contribution >= 0.6 is 0 Å². The first-order valence-corrected chi connectivity index (χ1v) is 10.5. The fourth-order valence-corrected chi connectivity index (χ4v) is 3.49. The first-order chi connectivity index (χ1) is 14.9. The van der Waals surface area contributed by atoms with Gasteiger partial charge in [0.05, 0.1) is 12.1 Å². The fourth-order valence-electron chi connectivity index (χ4n) is 3.49. The van der Waals surface area contributed by atoms with Crippen LogP contribution < -0.4 is 5.32 Å². The Hall–Kier alpha value is -3.55. The number of fused-ring (bicyclic) bond motifs is 1. The number of carbonyl (C=O) groups excluding carboxylic acids is 1. The molecule has 31 heavy (non-hydrogen) atoms. The molecule has 1 fully saturated rings. The van der Waals surface area contributed by atoms with E-state index < -0.39 is 0 Å². The number of hydrogen-bond acceptors (Lipinski definition) is 6. The monoisotopic (exact) mass is 416 g/mol. The van der Waals surface area contributed by atoms with Crippen molar-refractivity contribution in [2.24, 2.45) is 0 Å². The summed E-state index contributed by atoms with van der Waals surface area (Å²) in [4.78, 5) is 17.1. The van der Waals surface area contributed by atoms with Crippen molar-refractivity contribution < 1.29 is 9.32 Å². The lowest BCUT2D eigenvalue weighted by molar-refractivity contribution is 0.0949. The number of hydrogen-bond donors (Lipinski definition) is 1. The molecule has 3 aromatic heterocycles. The Morgan fingerprint density at radius 3 is 2.65 bits per heavy atom. The standard InChI is InChI=1S/C23H24N6O2/c1-23(2,3)16-10-8-15(9-11-16)21(30)24-13-18-26-27-20-17(5-4-12-29(18)20)22-25-19(28-31-22)14-6-7-14/h4-5,8-12,14H,6-7,13H2,1-3H3,(H,24,30). The predicted octanol–water partition coefficient (Wildman–Crippen LogP) is 3.88. The quantitative estimate of drug-likeness (QED) is 0.530. The smallest absolute Gasteiger partial charge is 0.261 e. The minimum Gasteiger partial charge on any atom is -0.345 e. The van der Waals surface area contributed by atoms with E-state index in [1.54, 1.807) is 0 Å². The van der Waals surface area contributed by atoms with Gasteiger partial charge in [0.2, 0.25) is 0 Å². The lowest BCUT2D eigenvalue weighted by Gasteiger charge is -2.19. The second-order valence-electron chi connectivity index (χ2n) is 8.97. The number of nitrogens with one attached hydrogen (secondary N) is 1. The second kappa shape index (κ2) is 7.30. The van der Waals surface area contributed by atoms with Gasteiger partial charge in [-0.05, 0) is 48.1 Å². The highest BCUT2D eigenvalue weighted by Crippen LogP contribution is 2.39. The van der Waals surface area contributed by atoms with Crippen LogP contribution in [0.2, 0.25) is 0 Å². The summed E-state index contributed by atoms with van der Waals surface area (Å²) < 4.78 is 7.28. The van der Waals surface area contributed by atoms with Gasteiger partial charge in [-0.2, -0.15) is 4.98 Å². The van der Waals surface area contributed by atoms with E-state index in [-0.39, 0.29) is 17.9 Å². The Balaban J connectivity index is 1.33. The van der Waals surface area contributed by atoms with Crippen molar-refractivity contribution in [3.05, 3.63) is 65.4 Å². The molecule has 0 bridgehead atoms. The minimum absolute atomic E-state index is 0.0466. The summed E-state index contributed by atoms with van der Waals surface area (Å²) in [5, 5.41) is 15.6. The maximum absolute atomic E-state index is 12.6. The third-order valence-corrected chi connectivity index (χ3v) is 5.54. The number of nitrogens with zero attached hydrogens (tertiary/aromatic N) is 5. The number of amides is 1. The molecule has 1 aliphatic rings. The SMILES string of the molecule is CC(C)(C)c1ccc(C(=O)NCc2nnc3c(-c4nc(C5CC5)no4)cccn23)cc1. The Morgan fingerprint density at radius 1 is 1.16 bits per heavy atom. The summed E-state index contributed by atoms with van der Waals surface area (Å²) in [7, 11) is 0. The fraction of sp³-hybridized carbons (Fsp3) is 0.348. The Bertz CT molecular complexity index is 1250. The molecule has 8 nitrogen and oxygen atoms in total. The van der Waals surface area contributed by atoms with Gasteiger partial charge < -0.3 is 9.84 Å². The van der Waals surface area contributed by atoms with Crippen LogP contribution in [0.15, 0.2) is 47.1 Å². The summed E-state index contributed by atoms with van der Waals surface area (Å²) >= 11 is 0. The molecule has 1 N–H and O–H groups in total. The lowest BCUT2D eigenvalue weighted by Crippen LogP contribution is -2.24. The summed E-state index contributed by atoms with van der Waals surface area (Å²) in [5.41, 5.74) is 3.19. The number of carbonyl (C=O) groups is 1. The van der Waals surface area contributed by atoms with Crippen LogP contribution in [-0.2, 0) is 12.0 Å². The van der Waals surface area contributed by atoms with Crippen molar-refractivity contribution in [1.82, 2.24) is 30.1 Å². The van der Waals surface area contributed by atoms with Crippen LogP contribution in [0.3, 0.4) is 0 Å². The maximum atomic E-state index is 12.6. The van der Waals surface area contributed by atoms with E-state index >= 15 is 0 Å². The van der Waals surface area contributed by atoms with Crippen molar-refractivity contribution in [2.45, 2.75) is 51.5 Å². The molecule has 1 amide bonds. The van der Waals surface area contributed by atoms with Crippen LogP contribution in [0.5, 0.6) is 0 Å². The largest absolute Gasteiger partial charge is 0.345 e. The molecule has 4 aromatic rings. The molecule has 1 aromatic carbocycles. The maximum Gasteiger partial charge on any atom is 0.261 e. The van der Waals surface area contributed by atoms with Crippen LogP contribution in [0, 0.1) is 0 Å². The normalized spacial score (nSPS) is 14.2. The summed E-state index contributed by atoms with van der Waals surface area (Å²) in [5.74, 6) is 2.08. The van der Waals surface area contributed by atoms with Crippen molar-refractivity contribution in [3.8, 4) is 11.5 Å². The van der Waals surface area contributed by atoms with E-state index in [0.717, 1.165) is 24.2 Å². The predicted molar refractivity (Wildman–Crippen MR) is 115 cm³/mol. The Kier molecular flexibility index (Phi) is 4.57. The van der Waals surface area contributed by atoms with Gasteiger partial charge >= 0.3 is 0 Å². The third-order valence-electron chi connectivity index (χ3n) is 5.54. The molecule has 1 saturated carbocycles. The zero-order valence-electron chi connectivity index (χ0n) is 17.8. The van der Waals surface area contributed by atoms with Crippen molar-refractivity contribution in [3.63, 3.8) is 0 Å². The topological polar surface area (TPSA) is 98.2 Å². The number of pyridine rings is 1. The molecule has 0 radical (unpaired) electrons. The molecular weight excluding hydrogens is 392 g/mol. The zero-order chi connectivity index (χ0) is 21.6. The molecule has 0 atom stereocenters. The first kappa shape index (κ1) is 19.4. The van der Waals surface area contributed by atoms with E-state index in [2.05, 4.69) is 46.4 Å². The molecule has 3 heterocycles. The van der Waals surface area contributed by atoms with E-state index in [0.29, 0.717) is 28.8 Å². The van der Waals surface area contributed by atoms with Crippen LogP contribution in [0.1, 0.15) is 67.1 Å². The van der Waals surface area contributed by atoms with Crippen molar-refractivity contribution in [1.29, 1.82) is 0 Å². The van der Waals surface area contributed by atoms with Crippen molar-refractivity contribution in [2.75, 3.05) is 0 Å². The molecule has 0 aliphatic heterocycles. The average molecular weight is 416 g/mol. The van der Waals surface area contributed by atoms with E-state index in [1.807, 2.05) is 47.0 Å². The first-order valence-electron chi connectivity index (χ1n) is 10.5.